The van der Waals surface area contributed by atoms with Crippen LogP contribution in [0, 0.1) is 17.7 Å². The summed E-state index contributed by atoms with van der Waals surface area (Å²) in [5, 5.41) is 14.4. The molecule has 0 fully saturated rings. The molecule has 0 aliphatic rings. The van der Waals surface area contributed by atoms with Crippen LogP contribution < -0.4 is 4.72 Å². The molecule has 110 valence electrons. The fourth-order valence-electron chi connectivity index (χ4n) is 1.57. The summed E-state index contributed by atoms with van der Waals surface area (Å²) in [7, 11) is -3.77. The van der Waals surface area contributed by atoms with E-state index >= 15 is 0 Å². The molecule has 0 radical (unpaired) electrons. The lowest BCUT2D eigenvalue weighted by Crippen LogP contribution is -2.24. The van der Waals surface area contributed by atoms with Crippen molar-refractivity contribution in [2.75, 3.05) is 6.61 Å². The van der Waals surface area contributed by atoms with Gasteiger partial charge in [-0.25, -0.2) is 17.5 Å². The number of nitrogens with zero attached hydrogens (tertiary/aromatic N) is 1. The molecule has 0 amide bonds. The van der Waals surface area contributed by atoms with Crippen LogP contribution in [0.15, 0.2) is 35.5 Å². The lowest BCUT2D eigenvalue weighted by Gasteiger charge is -2.06. The summed E-state index contributed by atoms with van der Waals surface area (Å²) in [4.78, 5) is 0. The Bertz CT molecular complexity index is 777. The number of aliphatic hydroxyl groups is 1. The van der Waals surface area contributed by atoms with Crippen LogP contribution in [-0.4, -0.2) is 30.3 Å². The van der Waals surface area contributed by atoms with Crippen molar-refractivity contribution in [2.24, 2.45) is 0 Å². The minimum absolute atomic E-state index is 0.0980. The highest BCUT2D eigenvalue weighted by Crippen LogP contribution is 2.11. The maximum atomic E-state index is 13.7. The largest absolute Gasteiger partial charge is 0.384 e. The molecule has 0 unspecified atom stereocenters. The Balaban J connectivity index is 2.16. The zero-order valence-electron chi connectivity index (χ0n) is 10.8. The fourth-order valence-corrected chi connectivity index (χ4v) is 2.49. The van der Waals surface area contributed by atoms with Gasteiger partial charge in [-0.2, -0.15) is 5.10 Å². The van der Waals surface area contributed by atoms with Gasteiger partial charge in [-0.05, 0) is 24.3 Å². The second-order valence-corrected chi connectivity index (χ2v) is 5.75. The van der Waals surface area contributed by atoms with Crippen LogP contribution in [0.5, 0.6) is 0 Å². The number of benzene rings is 1. The van der Waals surface area contributed by atoms with Crippen molar-refractivity contribution in [3.05, 3.63) is 47.4 Å². The van der Waals surface area contributed by atoms with E-state index in [9.17, 15) is 12.8 Å². The van der Waals surface area contributed by atoms with E-state index in [2.05, 4.69) is 26.8 Å². The number of aromatic nitrogens is 2. The minimum atomic E-state index is -3.77. The standard InChI is InChI=1S/C13H12FN3O3S/c14-12-4-3-10(2-1-7-18)8-11(12)9-16-21(19,20)13-5-6-15-17-13/h3-6,8,16,18H,7,9H2,(H,15,17). The van der Waals surface area contributed by atoms with Crippen LogP contribution in [0.25, 0.3) is 0 Å². The smallest absolute Gasteiger partial charge is 0.257 e. The van der Waals surface area contributed by atoms with Gasteiger partial charge in [-0.1, -0.05) is 11.8 Å². The molecule has 0 spiro atoms. The van der Waals surface area contributed by atoms with E-state index in [1.165, 1.54) is 30.5 Å². The zero-order chi connectivity index (χ0) is 15.3. The number of hydrogen-bond acceptors (Lipinski definition) is 4. The number of halogens is 1. The Labute approximate surface area is 121 Å². The average molecular weight is 309 g/mol. The van der Waals surface area contributed by atoms with E-state index in [1.807, 2.05) is 0 Å². The van der Waals surface area contributed by atoms with E-state index in [1.54, 1.807) is 0 Å². The molecule has 1 aromatic carbocycles. The number of nitrogens with one attached hydrogen (secondary N) is 2. The summed E-state index contributed by atoms with van der Waals surface area (Å²) in [6.45, 7) is -0.527. The van der Waals surface area contributed by atoms with Crippen molar-refractivity contribution in [1.29, 1.82) is 0 Å². The highest BCUT2D eigenvalue weighted by atomic mass is 32.2. The van der Waals surface area contributed by atoms with E-state index in [0.717, 1.165) is 0 Å². The van der Waals surface area contributed by atoms with Gasteiger partial charge in [0.05, 0.1) is 6.20 Å². The Hall–Kier alpha value is -2.21. The quantitative estimate of drug-likeness (QED) is 0.711. The first-order chi connectivity index (χ1) is 10.0. The van der Waals surface area contributed by atoms with Gasteiger partial charge in [-0.15, -0.1) is 0 Å². The SMILES string of the molecule is O=S(=O)(NCc1cc(C#CCO)ccc1F)c1ccn[nH]1. The number of aliphatic hydroxyl groups excluding tert-OH is 1. The number of hydrogen-bond donors (Lipinski definition) is 3. The highest BCUT2D eigenvalue weighted by molar-refractivity contribution is 7.89. The molecule has 8 heteroatoms. The predicted molar refractivity (Wildman–Crippen MR) is 73.0 cm³/mol. The normalized spacial score (nSPS) is 11.0. The third kappa shape index (κ3) is 3.88. The van der Waals surface area contributed by atoms with E-state index in [4.69, 9.17) is 5.11 Å². The first-order valence-corrected chi connectivity index (χ1v) is 7.38. The molecule has 6 nitrogen and oxygen atoms in total. The summed E-state index contributed by atoms with van der Waals surface area (Å²) in [5.74, 6) is 4.52. The molecule has 1 aromatic heterocycles. The molecule has 0 saturated carbocycles. The lowest BCUT2D eigenvalue weighted by molar-refractivity contribution is 0.350. The molecule has 3 N–H and O–H groups in total. The van der Waals surface area contributed by atoms with Crippen LogP contribution in [-0.2, 0) is 16.6 Å². The van der Waals surface area contributed by atoms with Crippen molar-refractivity contribution in [3.63, 3.8) is 0 Å². The van der Waals surface area contributed by atoms with E-state index in [-0.39, 0.29) is 23.7 Å². The van der Waals surface area contributed by atoms with Crippen molar-refractivity contribution >= 4 is 10.0 Å². The van der Waals surface area contributed by atoms with Gasteiger partial charge in [0.25, 0.3) is 10.0 Å². The van der Waals surface area contributed by atoms with Gasteiger partial charge < -0.3 is 5.11 Å². The highest BCUT2D eigenvalue weighted by Gasteiger charge is 2.15. The number of aromatic amines is 1. The molecule has 0 atom stereocenters. The first-order valence-electron chi connectivity index (χ1n) is 5.90. The van der Waals surface area contributed by atoms with Crippen molar-refractivity contribution in [3.8, 4) is 11.8 Å². The van der Waals surface area contributed by atoms with Crippen LogP contribution in [0.4, 0.5) is 4.39 Å². The van der Waals surface area contributed by atoms with Gasteiger partial charge >= 0.3 is 0 Å². The summed E-state index contributed by atoms with van der Waals surface area (Å²) in [5.41, 5.74) is 0.643. The van der Waals surface area contributed by atoms with Gasteiger partial charge in [0.1, 0.15) is 12.4 Å². The van der Waals surface area contributed by atoms with E-state index < -0.39 is 15.8 Å². The van der Waals surface area contributed by atoms with Crippen LogP contribution >= 0.6 is 0 Å². The number of sulfonamides is 1. The van der Waals surface area contributed by atoms with Gasteiger partial charge in [0, 0.05) is 17.7 Å². The second-order valence-electron chi connectivity index (χ2n) is 4.01. The Morgan fingerprint density at radius 3 is 2.86 bits per heavy atom. The molecule has 0 aliphatic carbocycles. The first kappa shape index (κ1) is 15.2. The molecule has 21 heavy (non-hydrogen) atoms. The second kappa shape index (κ2) is 6.49. The number of rotatable bonds is 4. The molecule has 0 bridgehead atoms. The van der Waals surface area contributed by atoms with Crippen LogP contribution in [0.1, 0.15) is 11.1 Å². The Morgan fingerprint density at radius 1 is 1.38 bits per heavy atom. The topological polar surface area (TPSA) is 95.1 Å². The molecule has 0 aliphatic heterocycles. The van der Waals surface area contributed by atoms with Gasteiger partial charge in [0.15, 0.2) is 5.03 Å². The molecular formula is C13H12FN3O3S. The maximum absolute atomic E-state index is 13.7. The fraction of sp³-hybridized carbons (Fsp3) is 0.154. The summed E-state index contributed by atoms with van der Waals surface area (Å²) in [6, 6.07) is 5.36. The average Bonchev–Trinajstić information content (AvgIpc) is 3.00. The zero-order valence-corrected chi connectivity index (χ0v) is 11.6. The predicted octanol–water partition coefficient (Wildman–Crippen LogP) is 0.371. The maximum Gasteiger partial charge on any atom is 0.257 e. The molecule has 2 rings (SSSR count). The Kier molecular flexibility index (Phi) is 4.70. The molecule has 2 aromatic rings. The summed E-state index contributed by atoms with van der Waals surface area (Å²) in [6.07, 6.45) is 1.31. The summed E-state index contributed by atoms with van der Waals surface area (Å²) >= 11 is 0. The minimum Gasteiger partial charge on any atom is -0.384 e. The lowest BCUT2D eigenvalue weighted by atomic mass is 10.1. The number of H-pyrrole nitrogens is 1. The third-order valence-electron chi connectivity index (χ3n) is 2.57. The summed E-state index contributed by atoms with van der Waals surface area (Å²) < 4.78 is 39.7. The van der Waals surface area contributed by atoms with Gasteiger partial charge in [0.2, 0.25) is 0 Å². The van der Waals surface area contributed by atoms with Gasteiger partial charge in [-0.3, -0.25) is 5.10 Å². The Morgan fingerprint density at radius 2 is 2.19 bits per heavy atom. The third-order valence-corrected chi connectivity index (χ3v) is 3.91. The van der Waals surface area contributed by atoms with Crippen molar-refractivity contribution in [2.45, 2.75) is 11.6 Å². The van der Waals surface area contributed by atoms with Crippen LogP contribution in [0.3, 0.4) is 0 Å². The molecule has 0 saturated heterocycles. The molecule has 1 heterocycles. The van der Waals surface area contributed by atoms with Crippen LogP contribution in [0.2, 0.25) is 0 Å². The van der Waals surface area contributed by atoms with Crippen molar-refractivity contribution < 1.29 is 17.9 Å². The monoisotopic (exact) mass is 309 g/mol. The van der Waals surface area contributed by atoms with Crippen molar-refractivity contribution in [1.82, 2.24) is 14.9 Å². The molecular weight excluding hydrogens is 297 g/mol. The van der Waals surface area contributed by atoms with E-state index in [0.29, 0.717) is 5.56 Å².